The SMILES string of the molecule is [2H]c1c([2H])c([2H])c(-c2c([2H])c([2H])c3oc4c([2H])c([2H])c(-c5nc(-c6ccccc6)nc(-c6ccc(-c7ccc(-c8ccccc8)cc7)cc6)n5)c([2H])c4c3c2[2H])c([2H])c1[2H]. The van der Waals surface area contributed by atoms with Gasteiger partial charge in [-0.3, -0.25) is 0 Å². The van der Waals surface area contributed by atoms with Gasteiger partial charge in [0, 0.05) is 27.5 Å². The lowest BCUT2D eigenvalue weighted by Gasteiger charge is -2.09. The lowest BCUT2D eigenvalue weighted by Crippen LogP contribution is -2.00. The molecule has 2 heterocycles. The van der Waals surface area contributed by atoms with Crippen LogP contribution in [-0.4, -0.2) is 15.0 Å². The fourth-order valence-corrected chi connectivity index (χ4v) is 5.64. The molecule has 9 rings (SSSR count). The zero-order chi connectivity index (χ0) is 42.1. The highest BCUT2D eigenvalue weighted by Crippen LogP contribution is 2.35. The zero-order valence-corrected chi connectivity index (χ0v) is 25.6. The van der Waals surface area contributed by atoms with Crippen molar-refractivity contribution in [1.29, 1.82) is 0 Å². The number of rotatable bonds is 6. The van der Waals surface area contributed by atoms with Crippen LogP contribution in [0.15, 0.2) is 180 Å². The molecule has 2 aromatic heterocycles. The Morgan fingerprint density at radius 2 is 0.755 bits per heavy atom. The second-order valence-electron chi connectivity index (χ2n) is 11.2. The van der Waals surface area contributed by atoms with Crippen LogP contribution in [0.1, 0.15) is 15.1 Å². The summed E-state index contributed by atoms with van der Waals surface area (Å²) in [5.74, 6) is 0.347. The molecule has 0 atom stereocenters. The van der Waals surface area contributed by atoms with Gasteiger partial charge in [-0.15, -0.1) is 0 Å². The van der Waals surface area contributed by atoms with Gasteiger partial charge in [0.15, 0.2) is 17.5 Å². The van der Waals surface area contributed by atoms with Gasteiger partial charge in [-0.25, -0.2) is 15.0 Å². The van der Waals surface area contributed by atoms with Crippen molar-refractivity contribution < 1.29 is 19.5 Å². The summed E-state index contributed by atoms with van der Waals surface area (Å²) in [5.41, 5.74) is 3.69. The summed E-state index contributed by atoms with van der Waals surface area (Å²) in [5, 5.41) is -0.350. The summed E-state index contributed by atoms with van der Waals surface area (Å²) in [6, 6.07) is 28.5. The van der Waals surface area contributed by atoms with Crippen LogP contribution in [0.25, 0.3) is 89.5 Å². The molecule has 0 amide bonds. The van der Waals surface area contributed by atoms with E-state index in [9.17, 15) is 2.74 Å². The molecule has 49 heavy (non-hydrogen) atoms. The van der Waals surface area contributed by atoms with Gasteiger partial charge in [0.05, 0.1) is 15.1 Å². The van der Waals surface area contributed by atoms with E-state index in [2.05, 4.69) is 36.4 Å². The molecule has 230 valence electrons. The van der Waals surface area contributed by atoms with Crippen LogP contribution < -0.4 is 0 Å². The Hall–Kier alpha value is -6.65. The van der Waals surface area contributed by atoms with E-state index in [0.29, 0.717) is 11.1 Å². The third-order valence-corrected chi connectivity index (χ3v) is 8.12. The number of hydrogen-bond donors (Lipinski definition) is 0. The van der Waals surface area contributed by atoms with Crippen LogP contribution in [0.3, 0.4) is 0 Å². The van der Waals surface area contributed by atoms with Gasteiger partial charge in [0.1, 0.15) is 11.2 Å². The molecule has 0 aliphatic carbocycles. The van der Waals surface area contributed by atoms with Crippen LogP contribution in [0.2, 0.25) is 0 Å². The van der Waals surface area contributed by atoms with E-state index in [-0.39, 0.29) is 45.0 Å². The van der Waals surface area contributed by atoms with E-state index >= 15 is 0 Å². The minimum Gasteiger partial charge on any atom is -0.456 e. The van der Waals surface area contributed by atoms with Crippen LogP contribution in [0, 0.1) is 0 Å². The Morgan fingerprint density at radius 1 is 0.347 bits per heavy atom. The van der Waals surface area contributed by atoms with Crippen molar-refractivity contribution in [2.75, 3.05) is 0 Å². The normalized spacial score (nSPS) is 14.4. The summed E-state index contributed by atoms with van der Waals surface area (Å²) < 4.78 is 102. The molecule has 0 N–H and O–H groups in total. The molecule has 0 saturated carbocycles. The number of benzene rings is 7. The Bertz CT molecular complexity index is 3170. The van der Waals surface area contributed by atoms with E-state index in [0.717, 1.165) is 22.3 Å². The summed E-state index contributed by atoms with van der Waals surface area (Å²) in [4.78, 5) is 14.2. The number of fused-ring (bicyclic) bond motifs is 3. The standard InChI is InChI=1S/C45H29N3O/c1-4-10-30(11-5-1)32-16-18-33(19-17-32)34-20-22-36(23-21-34)44-46-43(35-14-8-3-9-15-35)47-45(48-44)38-25-27-42-40(29-38)39-28-37(24-26-41(39)49-42)31-12-6-2-7-13-31/h1-29H/i2D,6D,7D,12D,13D,24D,25D,26D,27D,28D,29D. The molecule has 0 aliphatic heterocycles. The maximum atomic E-state index is 9.52. The van der Waals surface area contributed by atoms with Gasteiger partial charge in [-0.2, -0.15) is 0 Å². The van der Waals surface area contributed by atoms with Crippen molar-refractivity contribution in [2.45, 2.75) is 0 Å². The predicted octanol–water partition coefficient (Wildman–Crippen LogP) is 11.8. The number of aromatic nitrogens is 3. The fourth-order valence-electron chi connectivity index (χ4n) is 5.64. The van der Waals surface area contributed by atoms with Crippen molar-refractivity contribution in [3.05, 3.63) is 176 Å². The average Bonchev–Trinajstić information content (AvgIpc) is 3.70. The molecule has 7 aromatic carbocycles. The van der Waals surface area contributed by atoms with Gasteiger partial charge < -0.3 is 4.42 Å². The maximum absolute atomic E-state index is 9.52. The lowest BCUT2D eigenvalue weighted by atomic mass is 9.99. The maximum Gasteiger partial charge on any atom is 0.164 e. The van der Waals surface area contributed by atoms with Crippen LogP contribution in [0.4, 0.5) is 0 Å². The minimum absolute atomic E-state index is 0.111. The topological polar surface area (TPSA) is 51.8 Å². The van der Waals surface area contributed by atoms with E-state index < -0.39 is 77.6 Å². The molecule has 0 fully saturated rings. The summed E-state index contributed by atoms with van der Waals surface area (Å²) in [6.07, 6.45) is 0. The molecule has 0 spiro atoms. The van der Waals surface area contributed by atoms with Gasteiger partial charge in [0.2, 0.25) is 0 Å². The second kappa shape index (κ2) is 12.2. The Labute approximate surface area is 299 Å². The smallest absolute Gasteiger partial charge is 0.164 e. The van der Waals surface area contributed by atoms with Crippen molar-refractivity contribution in [1.82, 2.24) is 15.0 Å². The Balaban J connectivity index is 1.23. The fraction of sp³-hybridized carbons (Fsp3) is 0. The third kappa shape index (κ3) is 5.56. The van der Waals surface area contributed by atoms with Crippen molar-refractivity contribution in [2.24, 2.45) is 0 Å². The first-order valence-electron chi connectivity index (χ1n) is 21.0. The molecule has 0 unspecified atom stereocenters. The molecule has 0 saturated heterocycles. The van der Waals surface area contributed by atoms with Crippen LogP contribution in [0.5, 0.6) is 0 Å². The highest BCUT2D eigenvalue weighted by molar-refractivity contribution is 6.07. The van der Waals surface area contributed by atoms with E-state index in [1.807, 2.05) is 60.7 Å². The largest absolute Gasteiger partial charge is 0.456 e. The molecule has 0 radical (unpaired) electrons. The van der Waals surface area contributed by atoms with E-state index in [1.54, 1.807) is 12.1 Å². The Kier molecular flexibility index (Phi) is 4.78. The Morgan fingerprint density at radius 3 is 1.31 bits per heavy atom. The first kappa shape index (κ1) is 19.2. The van der Waals surface area contributed by atoms with Gasteiger partial charge in [-0.05, 0) is 63.6 Å². The minimum atomic E-state index is -0.684. The molecule has 0 aliphatic rings. The molecular weight excluding hydrogens is 599 g/mol. The van der Waals surface area contributed by atoms with Gasteiger partial charge >= 0.3 is 0 Å². The molecule has 4 nitrogen and oxygen atoms in total. The molecule has 4 heteroatoms. The lowest BCUT2D eigenvalue weighted by molar-refractivity contribution is 0.669. The average molecular weight is 639 g/mol. The second-order valence-corrected chi connectivity index (χ2v) is 11.2. The van der Waals surface area contributed by atoms with Crippen molar-refractivity contribution in [3.8, 4) is 67.5 Å². The first-order valence-corrected chi connectivity index (χ1v) is 15.5. The highest BCUT2D eigenvalue weighted by Gasteiger charge is 2.15. The first-order chi connectivity index (χ1) is 28.8. The summed E-state index contributed by atoms with van der Waals surface area (Å²) >= 11 is 0. The molecular formula is C45H29N3O. The molecule has 9 aromatic rings. The summed E-state index contributed by atoms with van der Waals surface area (Å²) in [6.45, 7) is 0. The van der Waals surface area contributed by atoms with Crippen LogP contribution >= 0.6 is 0 Å². The number of nitrogens with zero attached hydrogens (tertiary/aromatic N) is 3. The quantitative estimate of drug-likeness (QED) is 0.182. The summed E-state index contributed by atoms with van der Waals surface area (Å²) in [7, 11) is 0. The van der Waals surface area contributed by atoms with Gasteiger partial charge in [-0.1, -0.05) is 145 Å². The van der Waals surface area contributed by atoms with E-state index in [1.165, 1.54) is 0 Å². The molecule has 0 bridgehead atoms. The van der Waals surface area contributed by atoms with Crippen molar-refractivity contribution in [3.63, 3.8) is 0 Å². The number of hydrogen-bond acceptors (Lipinski definition) is 4. The van der Waals surface area contributed by atoms with Crippen LogP contribution in [-0.2, 0) is 0 Å². The predicted molar refractivity (Wildman–Crippen MR) is 200 cm³/mol. The third-order valence-electron chi connectivity index (χ3n) is 8.12. The van der Waals surface area contributed by atoms with E-state index in [4.69, 9.17) is 31.7 Å². The zero-order valence-electron chi connectivity index (χ0n) is 36.6. The van der Waals surface area contributed by atoms with Gasteiger partial charge in [0.25, 0.3) is 0 Å². The van der Waals surface area contributed by atoms with Crippen molar-refractivity contribution >= 4 is 21.9 Å². The highest BCUT2D eigenvalue weighted by atomic mass is 16.3. The monoisotopic (exact) mass is 638 g/mol. The number of furan rings is 1.